The van der Waals surface area contributed by atoms with Gasteiger partial charge in [0.2, 0.25) is 0 Å². The number of benzene rings is 1. The second-order valence-electron chi connectivity index (χ2n) is 4.61. The Morgan fingerprint density at radius 3 is 3.00 bits per heavy atom. The topological polar surface area (TPSA) is 27.1 Å². The zero-order chi connectivity index (χ0) is 12.7. The summed E-state index contributed by atoms with van der Waals surface area (Å²) in [5, 5.41) is 5.03. The van der Waals surface area contributed by atoms with E-state index < -0.39 is 0 Å². The summed E-state index contributed by atoms with van der Waals surface area (Å²) >= 11 is 3.21. The number of nitrogens with zero attached hydrogens (tertiary/aromatic N) is 2. The molecule has 1 atom stereocenters. The van der Waals surface area contributed by atoms with Crippen LogP contribution in [0.3, 0.4) is 0 Å². The van der Waals surface area contributed by atoms with Crippen LogP contribution in [-0.4, -0.2) is 16.4 Å². The van der Waals surface area contributed by atoms with Crippen molar-refractivity contribution >= 4 is 26.8 Å². The number of fused-ring (bicyclic) bond motifs is 1. The quantitative estimate of drug-likeness (QED) is 0.797. The van der Waals surface area contributed by atoms with Gasteiger partial charge < -0.3 is 4.74 Å². The van der Waals surface area contributed by atoms with E-state index in [1.165, 1.54) is 0 Å². The maximum Gasteiger partial charge on any atom is 0.150 e. The average molecular weight is 313 g/mol. The molecule has 18 heavy (non-hydrogen) atoms. The number of aromatic nitrogens is 2. The van der Waals surface area contributed by atoms with Gasteiger partial charge >= 0.3 is 0 Å². The molecule has 0 N–H and O–H groups in total. The molecule has 0 bridgehead atoms. The Morgan fingerprint density at radius 2 is 2.28 bits per heavy atom. The molecule has 0 saturated carbocycles. The molecule has 2 heterocycles. The molecule has 1 aliphatic rings. The second kappa shape index (κ2) is 4.63. The van der Waals surface area contributed by atoms with Gasteiger partial charge in [0.15, 0.2) is 6.23 Å². The van der Waals surface area contributed by atoms with Crippen LogP contribution in [0.2, 0.25) is 0 Å². The number of rotatable bonds is 1. The smallest absolute Gasteiger partial charge is 0.150 e. The Hall–Kier alpha value is -0.940. The Balaban J connectivity index is 2.16. The van der Waals surface area contributed by atoms with Gasteiger partial charge in [-0.05, 0) is 54.2 Å². The minimum atomic E-state index is -0.243. The van der Waals surface area contributed by atoms with Crippen LogP contribution in [0.5, 0.6) is 0 Å². The average Bonchev–Trinajstić information content (AvgIpc) is 2.73. The van der Waals surface area contributed by atoms with Crippen LogP contribution in [0.25, 0.3) is 10.9 Å². The largest absolute Gasteiger partial charge is 0.356 e. The van der Waals surface area contributed by atoms with Crippen molar-refractivity contribution in [3.8, 4) is 0 Å². The first kappa shape index (κ1) is 12.1. The number of hydrogen-bond donors (Lipinski definition) is 0. The van der Waals surface area contributed by atoms with E-state index >= 15 is 0 Å². The van der Waals surface area contributed by atoms with Crippen molar-refractivity contribution in [3.63, 3.8) is 0 Å². The van der Waals surface area contributed by atoms with Crippen molar-refractivity contribution in [2.45, 2.75) is 32.4 Å². The van der Waals surface area contributed by atoms with Gasteiger partial charge in [0.1, 0.15) is 5.82 Å². The Morgan fingerprint density at radius 1 is 1.44 bits per heavy atom. The van der Waals surface area contributed by atoms with Crippen molar-refractivity contribution in [1.82, 2.24) is 9.78 Å². The molecule has 0 aliphatic carbocycles. The highest BCUT2D eigenvalue weighted by Gasteiger charge is 2.21. The second-order valence-corrected chi connectivity index (χ2v) is 5.46. The molecule has 3 nitrogen and oxygen atoms in total. The SMILES string of the molecule is Cc1nn(C2CCCCO2)c2ccc(Br)c(F)c12. The van der Waals surface area contributed by atoms with Crippen LogP contribution in [0, 0.1) is 12.7 Å². The molecule has 1 saturated heterocycles. The lowest BCUT2D eigenvalue weighted by Gasteiger charge is -2.23. The van der Waals surface area contributed by atoms with E-state index in [9.17, 15) is 4.39 Å². The first-order valence-electron chi connectivity index (χ1n) is 6.13. The minimum absolute atomic E-state index is 0.0597. The summed E-state index contributed by atoms with van der Waals surface area (Å²) < 4.78 is 22.1. The van der Waals surface area contributed by atoms with E-state index in [0.717, 1.165) is 31.4 Å². The Kier molecular flexibility index (Phi) is 3.11. The summed E-state index contributed by atoms with van der Waals surface area (Å²) in [7, 11) is 0. The zero-order valence-corrected chi connectivity index (χ0v) is 11.7. The van der Waals surface area contributed by atoms with Crippen molar-refractivity contribution in [2.24, 2.45) is 0 Å². The van der Waals surface area contributed by atoms with Gasteiger partial charge in [0.05, 0.1) is 21.1 Å². The fourth-order valence-electron chi connectivity index (χ4n) is 2.48. The molecule has 0 spiro atoms. The van der Waals surface area contributed by atoms with Gasteiger partial charge in [0, 0.05) is 6.61 Å². The fraction of sp³-hybridized carbons (Fsp3) is 0.462. The summed E-state index contributed by atoms with van der Waals surface area (Å²) in [6, 6.07) is 3.61. The van der Waals surface area contributed by atoms with Crippen LogP contribution >= 0.6 is 15.9 Å². The molecule has 1 fully saturated rings. The predicted molar refractivity (Wildman–Crippen MR) is 71.0 cm³/mol. The van der Waals surface area contributed by atoms with Crippen LogP contribution < -0.4 is 0 Å². The number of aryl methyl sites for hydroxylation is 1. The molecule has 1 aromatic carbocycles. The lowest BCUT2D eigenvalue weighted by molar-refractivity contribution is -0.0368. The maximum atomic E-state index is 14.1. The van der Waals surface area contributed by atoms with E-state index in [0.29, 0.717) is 15.6 Å². The van der Waals surface area contributed by atoms with E-state index in [4.69, 9.17) is 4.74 Å². The third kappa shape index (κ3) is 1.86. The normalized spacial score (nSPS) is 20.5. The summed E-state index contributed by atoms with van der Waals surface area (Å²) in [4.78, 5) is 0. The molecular weight excluding hydrogens is 299 g/mol. The molecule has 1 aromatic heterocycles. The van der Waals surface area contributed by atoms with Crippen molar-refractivity contribution < 1.29 is 9.13 Å². The number of hydrogen-bond acceptors (Lipinski definition) is 2. The lowest BCUT2D eigenvalue weighted by atomic mass is 10.1. The third-order valence-electron chi connectivity index (χ3n) is 3.37. The van der Waals surface area contributed by atoms with Crippen LogP contribution in [0.1, 0.15) is 31.2 Å². The number of ether oxygens (including phenoxy) is 1. The third-order valence-corrected chi connectivity index (χ3v) is 3.98. The highest BCUT2D eigenvalue weighted by Crippen LogP contribution is 2.31. The van der Waals surface area contributed by atoms with Crippen molar-refractivity contribution in [1.29, 1.82) is 0 Å². The minimum Gasteiger partial charge on any atom is -0.356 e. The van der Waals surface area contributed by atoms with Gasteiger partial charge in [0.25, 0.3) is 0 Å². The standard InChI is InChI=1S/C13H14BrFN2O/c1-8-12-10(6-5-9(14)13(12)15)17(16-8)11-4-2-3-7-18-11/h5-6,11H,2-4,7H2,1H3. The van der Waals surface area contributed by atoms with Gasteiger partial charge in [-0.3, -0.25) is 0 Å². The lowest BCUT2D eigenvalue weighted by Crippen LogP contribution is -2.19. The van der Waals surface area contributed by atoms with Gasteiger partial charge in [-0.1, -0.05) is 0 Å². The van der Waals surface area contributed by atoms with Crippen LogP contribution in [0.4, 0.5) is 4.39 Å². The molecule has 0 radical (unpaired) electrons. The van der Waals surface area contributed by atoms with Crippen LogP contribution in [-0.2, 0) is 4.74 Å². The van der Waals surface area contributed by atoms with E-state index in [-0.39, 0.29) is 12.0 Å². The zero-order valence-electron chi connectivity index (χ0n) is 10.1. The van der Waals surface area contributed by atoms with Crippen molar-refractivity contribution in [3.05, 3.63) is 28.1 Å². The predicted octanol–water partition coefficient (Wildman–Crippen LogP) is 3.95. The molecule has 3 rings (SSSR count). The summed E-state index contributed by atoms with van der Waals surface area (Å²) in [5.41, 5.74) is 1.51. The highest BCUT2D eigenvalue weighted by molar-refractivity contribution is 9.10. The number of halogens is 2. The van der Waals surface area contributed by atoms with E-state index in [1.807, 2.05) is 17.7 Å². The fourth-order valence-corrected chi connectivity index (χ4v) is 2.81. The van der Waals surface area contributed by atoms with Gasteiger partial charge in [-0.25, -0.2) is 9.07 Å². The Bertz CT molecular complexity index is 590. The maximum absolute atomic E-state index is 14.1. The molecule has 0 amide bonds. The molecular formula is C13H14BrFN2O. The molecule has 1 aliphatic heterocycles. The van der Waals surface area contributed by atoms with Crippen LogP contribution in [0.15, 0.2) is 16.6 Å². The molecule has 96 valence electrons. The molecule has 2 aromatic rings. The molecule has 1 unspecified atom stereocenters. The van der Waals surface area contributed by atoms with E-state index in [2.05, 4.69) is 21.0 Å². The monoisotopic (exact) mass is 312 g/mol. The van der Waals surface area contributed by atoms with Gasteiger partial charge in [-0.2, -0.15) is 5.10 Å². The van der Waals surface area contributed by atoms with Gasteiger partial charge in [-0.15, -0.1) is 0 Å². The first-order chi connectivity index (χ1) is 8.68. The Labute approximate surface area is 113 Å². The van der Waals surface area contributed by atoms with Crippen molar-refractivity contribution in [2.75, 3.05) is 6.61 Å². The summed E-state index contributed by atoms with van der Waals surface area (Å²) in [6.45, 7) is 2.58. The summed E-state index contributed by atoms with van der Waals surface area (Å²) in [6.07, 6.45) is 3.10. The van der Waals surface area contributed by atoms with E-state index in [1.54, 1.807) is 6.07 Å². The summed E-state index contributed by atoms with van der Waals surface area (Å²) in [5.74, 6) is -0.243. The molecule has 5 heteroatoms. The highest BCUT2D eigenvalue weighted by atomic mass is 79.9. The first-order valence-corrected chi connectivity index (χ1v) is 6.92.